The largest absolute Gasteiger partial charge is 0.456 e. The molecule has 2 amide bonds. The number of carbonyl (C=O) groups excluding carboxylic acids is 4. The normalized spacial score (nSPS) is 10.3. The molecule has 29 heavy (non-hydrogen) atoms. The van der Waals surface area contributed by atoms with Crippen molar-refractivity contribution in [1.29, 1.82) is 0 Å². The number of Topliss-reactive ketones (excluding diaryl/α,β-unsaturated/α-hetero) is 1. The van der Waals surface area contributed by atoms with E-state index in [9.17, 15) is 23.6 Å². The number of halogens is 1. The third-order valence-corrected chi connectivity index (χ3v) is 4.80. The quantitative estimate of drug-likeness (QED) is 0.480. The van der Waals surface area contributed by atoms with E-state index in [4.69, 9.17) is 4.74 Å². The number of ether oxygens (including phenoxy) is 1. The Morgan fingerprint density at radius 3 is 2.34 bits per heavy atom. The Labute approximate surface area is 171 Å². The van der Waals surface area contributed by atoms with Gasteiger partial charge in [0, 0.05) is 27.4 Å². The van der Waals surface area contributed by atoms with Crippen LogP contribution in [0.15, 0.2) is 30.3 Å². The molecule has 2 aromatic rings. The number of thiophene rings is 1. The molecular formula is C20H21FN2O5S. The Bertz CT molecular complexity index is 908. The number of anilines is 1. The maximum Gasteiger partial charge on any atom is 0.306 e. The molecule has 0 saturated carbocycles. The molecule has 0 aliphatic rings. The summed E-state index contributed by atoms with van der Waals surface area (Å²) < 4.78 is 17.6. The van der Waals surface area contributed by atoms with E-state index in [1.54, 1.807) is 6.07 Å². The van der Waals surface area contributed by atoms with Crippen molar-refractivity contribution in [2.75, 3.05) is 18.5 Å². The number of benzene rings is 1. The summed E-state index contributed by atoms with van der Waals surface area (Å²) in [4.78, 5) is 49.2. The van der Waals surface area contributed by atoms with Gasteiger partial charge in [0.1, 0.15) is 5.82 Å². The van der Waals surface area contributed by atoms with Gasteiger partial charge in [-0.1, -0.05) is 0 Å². The van der Waals surface area contributed by atoms with Gasteiger partial charge in [-0.25, -0.2) is 4.39 Å². The first-order valence-electron chi connectivity index (χ1n) is 8.82. The number of ketones is 1. The van der Waals surface area contributed by atoms with Crippen molar-refractivity contribution in [2.45, 2.75) is 26.7 Å². The summed E-state index contributed by atoms with van der Waals surface area (Å²) in [6, 6.07) is 6.95. The standard InChI is InChI=1S/C20H21FN2O5S/c1-12-9-16(13(2)29-12)17(24)7-8-20(27)28-11-19(26)22-10-18(25)23-15-5-3-14(21)4-6-15/h3-6,9H,7-8,10-11H2,1-2H3,(H,22,26)(H,23,25). The van der Waals surface area contributed by atoms with Crippen molar-refractivity contribution in [3.8, 4) is 0 Å². The lowest BCUT2D eigenvalue weighted by molar-refractivity contribution is -0.148. The average Bonchev–Trinajstić information content (AvgIpc) is 3.02. The number of esters is 1. The van der Waals surface area contributed by atoms with Crippen LogP contribution in [0.1, 0.15) is 33.0 Å². The third-order valence-electron chi connectivity index (χ3n) is 3.84. The van der Waals surface area contributed by atoms with Crippen LogP contribution >= 0.6 is 11.3 Å². The third kappa shape index (κ3) is 7.46. The van der Waals surface area contributed by atoms with E-state index in [0.717, 1.165) is 9.75 Å². The molecule has 0 aliphatic heterocycles. The SMILES string of the molecule is Cc1cc(C(=O)CCC(=O)OCC(=O)NCC(=O)Nc2ccc(F)cc2)c(C)s1. The van der Waals surface area contributed by atoms with Crippen LogP contribution in [-0.2, 0) is 19.1 Å². The zero-order valence-electron chi connectivity index (χ0n) is 16.0. The molecule has 7 nitrogen and oxygen atoms in total. The predicted octanol–water partition coefficient (Wildman–Crippen LogP) is 2.77. The van der Waals surface area contributed by atoms with Gasteiger partial charge in [0.05, 0.1) is 13.0 Å². The Morgan fingerprint density at radius 2 is 1.72 bits per heavy atom. The van der Waals surface area contributed by atoms with E-state index in [1.165, 1.54) is 35.6 Å². The summed E-state index contributed by atoms with van der Waals surface area (Å²) in [5, 5.41) is 4.78. The Kier molecular flexibility index (Phi) is 8.02. The highest BCUT2D eigenvalue weighted by molar-refractivity contribution is 7.12. The second-order valence-electron chi connectivity index (χ2n) is 6.24. The first-order valence-corrected chi connectivity index (χ1v) is 9.64. The number of aryl methyl sites for hydroxylation is 2. The second kappa shape index (κ2) is 10.5. The Morgan fingerprint density at radius 1 is 1.03 bits per heavy atom. The van der Waals surface area contributed by atoms with Crippen molar-refractivity contribution < 1.29 is 28.3 Å². The van der Waals surface area contributed by atoms with Crippen LogP contribution in [0.4, 0.5) is 10.1 Å². The van der Waals surface area contributed by atoms with Crippen LogP contribution in [0.2, 0.25) is 0 Å². The van der Waals surface area contributed by atoms with Gasteiger partial charge in [0.2, 0.25) is 5.91 Å². The van der Waals surface area contributed by atoms with Crippen molar-refractivity contribution in [3.05, 3.63) is 51.5 Å². The molecule has 154 valence electrons. The highest BCUT2D eigenvalue weighted by Gasteiger charge is 2.15. The van der Waals surface area contributed by atoms with E-state index in [2.05, 4.69) is 10.6 Å². The minimum Gasteiger partial charge on any atom is -0.456 e. The molecule has 1 heterocycles. The van der Waals surface area contributed by atoms with Crippen molar-refractivity contribution in [1.82, 2.24) is 5.32 Å². The van der Waals surface area contributed by atoms with Gasteiger partial charge < -0.3 is 15.4 Å². The van der Waals surface area contributed by atoms with E-state index >= 15 is 0 Å². The molecule has 0 spiro atoms. The molecule has 0 fully saturated rings. The van der Waals surface area contributed by atoms with Gasteiger partial charge in [-0.05, 0) is 44.2 Å². The zero-order valence-corrected chi connectivity index (χ0v) is 16.9. The van der Waals surface area contributed by atoms with Gasteiger partial charge in [-0.15, -0.1) is 11.3 Å². The van der Waals surface area contributed by atoms with Gasteiger partial charge >= 0.3 is 5.97 Å². The Hall–Kier alpha value is -3.07. The van der Waals surface area contributed by atoms with Gasteiger partial charge in [0.15, 0.2) is 12.4 Å². The molecule has 0 bridgehead atoms. The zero-order chi connectivity index (χ0) is 21.4. The number of hydrogen-bond donors (Lipinski definition) is 2. The first-order chi connectivity index (χ1) is 13.7. The fourth-order valence-electron chi connectivity index (χ4n) is 2.44. The summed E-state index contributed by atoms with van der Waals surface area (Å²) in [5.74, 6) is -2.41. The lowest BCUT2D eigenvalue weighted by Gasteiger charge is -2.08. The van der Waals surface area contributed by atoms with Crippen LogP contribution in [0, 0.1) is 19.7 Å². The monoisotopic (exact) mass is 420 g/mol. The smallest absolute Gasteiger partial charge is 0.306 e. The van der Waals surface area contributed by atoms with Crippen molar-refractivity contribution >= 4 is 40.6 Å². The molecule has 0 aliphatic carbocycles. The van der Waals surface area contributed by atoms with Gasteiger partial charge in [-0.3, -0.25) is 19.2 Å². The van der Waals surface area contributed by atoms with Crippen LogP contribution in [-0.4, -0.2) is 36.7 Å². The maximum absolute atomic E-state index is 12.8. The van der Waals surface area contributed by atoms with Crippen molar-refractivity contribution in [3.63, 3.8) is 0 Å². The van der Waals surface area contributed by atoms with Crippen LogP contribution in [0.25, 0.3) is 0 Å². The number of nitrogens with one attached hydrogen (secondary N) is 2. The summed E-state index contributed by atoms with van der Waals surface area (Å²) in [6.07, 6.45) is -0.136. The lowest BCUT2D eigenvalue weighted by atomic mass is 10.1. The summed E-state index contributed by atoms with van der Waals surface area (Å²) in [5.41, 5.74) is 0.989. The lowest BCUT2D eigenvalue weighted by Crippen LogP contribution is -2.35. The van der Waals surface area contributed by atoms with Gasteiger partial charge in [0.25, 0.3) is 5.91 Å². The molecule has 1 aromatic carbocycles. The number of rotatable bonds is 9. The predicted molar refractivity (Wildman–Crippen MR) is 106 cm³/mol. The molecule has 1 aromatic heterocycles. The molecule has 0 atom stereocenters. The molecule has 9 heteroatoms. The summed E-state index contributed by atoms with van der Waals surface area (Å²) >= 11 is 1.52. The molecule has 0 unspecified atom stereocenters. The highest BCUT2D eigenvalue weighted by Crippen LogP contribution is 2.22. The van der Waals surface area contributed by atoms with Crippen LogP contribution < -0.4 is 10.6 Å². The van der Waals surface area contributed by atoms with Gasteiger partial charge in [-0.2, -0.15) is 0 Å². The number of amides is 2. The fourth-order valence-corrected chi connectivity index (χ4v) is 3.39. The molecular weight excluding hydrogens is 399 g/mol. The van der Waals surface area contributed by atoms with Crippen molar-refractivity contribution in [2.24, 2.45) is 0 Å². The second-order valence-corrected chi connectivity index (χ2v) is 7.70. The summed E-state index contributed by atoms with van der Waals surface area (Å²) in [7, 11) is 0. The van der Waals surface area contributed by atoms with Crippen LogP contribution in [0.5, 0.6) is 0 Å². The molecule has 2 N–H and O–H groups in total. The first kappa shape index (κ1) is 22.2. The topological polar surface area (TPSA) is 102 Å². The van der Waals surface area contributed by atoms with Crippen LogP contribution in [0.3, 0.4) is 0 Å². The number of carbonyl (C=O) groups is 4. The average molecular weight is 420 g/mol. The Balaban J connectivity index is 1.64. The fraction of sp³-hybridized carbons (Fsp3) is 0.300. The van der Waals surface area contributed by atoms with E-state index in [-0.39, 0.29) is 25.2 Å². The van der Waals surface area contributed by atoms with E-state index in [0.29, 0.717) is 11.3 Å². The minimum atomic E-state index is -0.672. The maximum atomic E-state index is 12.8. The van der Waals surface area contributed by atoms with E-state index in [1.807, 2.05) is 13.8 Å². The highest BCUT2D eigenvalue weighted by atomic mass is 32.1. The molecule has 0 radical (unpaired) electrons. The minimum absolute atomic E-state index is 0.00244. The molecule has 0 saturated heterocycles. The summed E-state index contributed by atoms with van der Waals surface area (Å²) in [6.45, 7) is 2.87. The van der Waals surface area contributed by atoms with E-state index < -0.39 is 30.2 Å². The molecule has 2 rings (SSSR count). The number of hydrogen-bond acceptors (Lipinski definition) is 6.